The fourth-order valence-corrected chi connectivity index (χ4v) is 2.71. The first-order valence-corrected chi connectivity index (χ1v) is 7.39. The molecule has 6 heteroatoms. The Hall–Kier alpha value is -0.710. The van der Waals surface area contributed by atoms with Crippen molar-refractivity contribution in [3.63, 3.8) is 0 Å². The van der Waals surface area contributed by atoms with Gasteiger partial charge in [-0.2, -0.15) is 5.10 Å². The van der Waals surface area contributed by atoms with Crippen LogP contribution >= 0.6 is 39.1 Å². The normalized spacial score (nSPS) is 10.8. The molecule has 0 radical (unpaired) electrons. The minimum atomic E-state index is 0.363. The number of aromatic nitrogens is 2. The van der Waals surface area contributed by atoms with Gasteiger partial charge in [0.05, 0.1) is 26.8 Å². The van der Waals surface area contributed by atoms with Crippen molar-refractivity contribution < 1.29 is 4.74 Å². The quantitative estimate of drug-likeness (QED) is 0.749. The van der Waals surface area contributed by atoms with Crippen molar-refractivity contribution in [3.05, 3.63) is 44.6 Å². The molecule has 3 nitrogen and oxygen atoms in total. The number of nitrogens with zero attached hydrogens (tertiary/aromatic N) is 2. The molecule has 0 atom stereocenters. The van der Waals surface area contributed by atoms with Gasteiger partial charge in [-0.1, -0.05) is 23.7 Å². The molecule has 2 rings (SSSR count). The number of benzene rings is 1. The highest BCUT2D eigenvalue weighted by Crippen LogP contribution is 2.31. The molecule has 1 heterocycles. The number of rotatable bonds is 4. The van der Waals surface area contributed by atoms with E-state index in [1.165, 1.54) is 0 Å². The standard InChI is InChI=1S/C13H13BrCl2N2O/c1-8-12(14)11(18(2)17-8)7-19-13-9(6-15)4-3-5-10(13)16/h3-5H,6-7H2,1-2H3. The van der Waals surface area contributed by atoms with Crippen molar-refractivity contribution in [1.82, 2.24) is 9.78 Å². The van der Waals surface area contributed by atoms with E-state index >= 15 is 0 Å². The van der Waals surface area contributed by atoms with Gasteiger partial charge in [0.2, 0.25) is 0 Å². The lowest BCUT2D eigenvalue weighted by Gasteiger charge is -2.12. The van der Waals surface area contributed by atoms with Gasteiger partial charge >= 0.3 is 0 Å². The van der Waals surface area contributed by atoms with Crippen LogP contribution in [0.5, 0.6) is 5.75 Å². The van der Waals surface area contributed by atoms with Crippen LogP contribution in [0.1, 0.15) is 17.0 Å². The second-order valence-corrected chi connectivity index (χ2v) is 5.59. The lowest BCUT2D eigenvalue weighted by Crippen LogP contribution is -2.05. The number of hydrogen-bond donors (Lipinski definition) is 0. The van der Waals surface area contributed by atoms with Gasteiger partial charge < -0.3 is 4.74 Å². The zero-order valence-corrected chi connectivity index (χ0v) is 13.7. The predicted octanol–water partition coefficient (Wildman–Crippen LogP) is 4.46. The first-order valence-electron chi connectivity index (χ1n) is 5.68. The molecule has 1 aromatic carbocycles. The third-order valence-electron chi connectivity index (χ3n) is 2.81. The number of aryl methyl sites for hydroxylation is 2. The first-order chi connectivity index (χ1) is 9.04. The summed E-state index contributed by atoms with van der Waals surface area (Å²) in [5.74, 6) is 0.992. The lowest BCUT2D eigenvalue weighted by atomic mass is 10.2. The number of para-hydroxylation sites is 1. The molecule has 0 N–H and O–H groups in total. The summed E-state index contributed by atoms with van der Waals surface area (Å²) in [5, 5.41) is 4.88. The monoisotopic (exact) mass is 362 g/mol. The molecule has 1 aromatic heterocycles. The lowest BCUT2D eigenvalue weighted by molar-refractivity contribution is 0.292. The molecule has 0 aliphatic heterocycles. The maximum Gasteiger partial charge on any atom is 0.142 e. The largest absolute Gasteiger partial charge is 0.485 e. The summed E-state index contributed by atoms with van der Waals surface area (Å²) in [5.41, 5.74) is 2.76. The van der Waals surface area contributed by atoms with Gasteiger partial charge in [-0.15, -0.1) is 11.6 Å². The van der Waals surface area contributed by atoms with Crippen LogP contribution in [0.3, 0.4) is 0 Å². The van der Waals surface area contributed by atoms with Crippen LogP contribution in [0.2, 0.25) is 5.02 Å². The molecule has 0 aliphatic rings. The van der Waals surface area contributed by atoms with Crippen LogP contribution in [0.25, 0.3) is 0 Å². The maximum absolute atomic E-state index is 6.14. The SMILES string of the molecule is Cc1nn(C)c(COc2c(Cl)cccc2CCl)c1Br. The second kappa shape index (κ2) is 6.16. The van der Waals surface area contributed by atoms with E-state index in [0.717, 1.165) is 21.4 Å². The molecule has 0 saturated carbocycles. The summed E-state index contributed by atoms with van der Waals surface area (Å²) in [4.78, 5) is 0. The minimum Gasteiger partial charge on any atom is -0.485 e. The van der Waals surface area contributed by atoms with E-state index in [2.05, 4.69) is 21.0 Å². The van der Waals surface area contributed by atoms with Crippen LogP contribution in [-0.4, -0.2) is 9.78 Å². The predicted molar refractivity (Wildman–Crippen MR) is 81.0 cm³/mol. The fraction of sp³-hybridized carbons (Fsp3) is 0.308. The third-order valence-corrected chi connectivity index (χ3v) is 4.42. The highest BCUT2D eigenvalue weighted by molar-refractivity contribution is 9.10. The molecule has 0 fully saturated rings. The average molecular weight is 364 g/mol. The van der Waals surface area contributed by atoms with E-state index in [0.29, 0.717) is 23.3 Å². The Morgan fingerprint density at radius 1 is 1.42 bits per heavy atom. The van der Waals surface area contributed by atoms with Crippen molar-refractivity contribution in [1.29, 1.82) is 0 Å². The van der Waals surface area contributed by atoms with Crippen molar-refractivity contribution >= 4 is 39.1 Å². The van der Waals surface area contributed by atoms with Crippen molar-refractivity contribution in [2.24, 2.45) is 7.05 Å². The Kier molecular flexibility index (Phi) is 4.76. The number of hydrogen-bond acceptors (Lipinski definition) is 2. The van der Waals surface area contributed by atoms with Gasteiger partial charge in [-0.25, -0.2) is 0 Å². The Balaban J connectivity index is 2.24. The first kappa shape index (κ1) is 14.7. The number of ether oxygens (including phenoxy) is 1. The zero-order valence-electron chi connectivity index (χ0n) is 10.6. The summed E-state index contributed by atoms with van der Waals surface area (Å²) in [6.45, 7) is 2.32. The highest BCUT2D eigenvalue weighted by Gasteiger charge is 2.13. The van der Waals surface area contributed by atoms with E-state index in [4.69, 9.17) is 27.9 Å². The zero-order chi connectivity index (χ0) is 14.0. The maximum atomic E-state index is 6.14. The Labute approximate surface area is 130 Å². The van der Waals surface area contributed by atoms with Gasteiger partial charge in [-0.3, -0.25) is 4.68 Å². The average Bonchev–Trinajstić information content (AvgIpc) is 2.62. The van der Waals surface area contributed by atoms with Crippen molar-refractivity contribution in [2.45, 2.75) is 19.4 Å². The Bertz CT molecular complexity index is 599. The van der Waals surface area contributed by atoms with E-state index < -0.39 is 0 Å². The molecular formula is C13H13BrCl2N2O. The Morgan fingerprint density at radius 3 is 2.74 bits per heavy atom. The van der Waals surface area contributed by atoms with E-state index in [9.17, 15) is 0 Å². The van der Waals surface area contributed by atoms with Crippen LogP contribution in [-0.2, 0) is 19.5 Å². The van der Waals surface area contributed by atoms with Gasteiger partial charge in [0.15, 0.2) is 0 Å². The smallest absolute Gasteiger partial charge is 0.142 e. The minimum absolute atomic E-state index is 0.363. The number of halogens is 3. The summed E-state index contributed by atoms with van der Waals surface area (Å²) in [6, 6.07) is 5.55. The molecule has 0 saturated heterocycles. The van der Waals surface area contributed by atoms with Crippen molar-refractivity contribution in [3.8, 4) is 5.75 Å². The van der Waals surface area contributed by atoms with E-state index in [-0.39, 0.29) is 0 Å². The Morgan fingerprint density at radius 2 is 2.16 bits per heavy atom. The van der Waals surface area contributed by atoms with Crippen LogP contribution in [0, 0.1) is 6.92 Å². The summed E-state index contributed by atoms with van der Waals surface area (Å²) in [7, 11) is 1.88. The fourth-order valence-electron chi connectivity index (χ4n) is 1.80. The third kappa shape index (κ3) is 3.07. The van der Waals surface area contributed by atoms with E-state index in [1.807, 2.05) is 26.1 Å². The van der Waals surface area contributed by atoms with E-state index in [1.54, 1.807) is 10.7 Å². The van der Waals surface area contributed by atoms with Crippen molar-refractivity contribution in [2.75, 3.05) is 0 Å². The van der Waals surface area contributed by atoms with Gasteiger partial charge in [0, 0.05) is 12.6 Å². The van der Waals surface area contributed by atoms with Crippen LogP contribution < -0.4 is 4.74 Å². The molecular weight excluding hydrogens is 351 g/mol. The number of alkyl halides is 1. The van der Waals surface area contributed by atoms with Gasteiger partial charge in [0.25, 0.3) is 0 Å². The summed E-state index contributed by atoms with van der Waals surface area (Å²) in [6.07, 6.45) is 0. The van der Waals surface area contributed by atoms with Crippen LogP contribution in [0.15, 0.2) is 22.7 Å². The molecule has 19 heavy (non-hydrogen) atoms. The molecule has 2 aromatic rings. The second-order valence-electron chi connectivity index (χ2n) is 4.12. The molecule has 0 unspecified atom stereocenters. The molecule has 0 amide bonds. The van der Waals surface area contributed by atoms with Gasteiger partial charge in [-0.05, 0) is 28.9 Å². The summed E-state index contributed by atoms with van der Waals surface area (Å²) < 4.78 is 8.55. The van der Waals surface area contributed by atoms with Gasteiger partial charge in [0.1, 0.15) is 12.4 Å². The molecule has 102 valence electrons. The topological polar surface area (TPSA) is 27.1 Å². The summed E-state index contributed by atoms with van der Waals surface area (Å²) >= 11 is 15.5. The molecule has 0 spiro atoms. The highest BCUT2D eigenvalue weighted by atomic mass is 79.9. The molecule has 0 bridgehead atoms. The molecule has 0 aliphatic carbocycles. The van der Waals surface area contributed by atoms with Crippen LogP contribution in [0.4, 0.5) is 0 Å².